The molecular weight excluding hydrogens is 378 g/mol. The van der Waals surface area contributed by atoms with Crippen LogP contribution < -0.4 is 5.73 Å². The second kappa shape index (κ2) is 7.34. The first kappa shape index (κ1) is 20.0. The van der Waals surface area contributed by atoms with Gasteiger partial charge in [-0.25, -0.2) is 0 Å². The number of nitrogens with zero attached hydrogens (tertiary/aromatic N) is 2. The lowest BCUT2D eigenvalue weighted by atomic mass is 9.50. The van der Waals surface area contributed by atoms with Crippen LogP contribution in [-0.2, 0) is 16.1 Å². The van der Waals surface area contributed by atoms with E-state index < -0.39 is 17.6 Å². The van der Waals surface area contributed by atoms with E-state index in [2.05, 4.69) is 17.0 Å². The minimum Gasteiger partial charge on any atom is -0.390 e. The fraction of sp³-hybridized carbons (Fsp3) is 0.667. The fourth-order valence-corrected chi connectivity index (χ4v) is 7.35. The Hall–Kier alpha value is -1.92. The Labute approximate surface area is 178 Å². The van der Waals surface area contributed by atoms with Gasteiger partial charge in [0.2, 0.25) is 11.8 Å². The van der Waals surface area contributed by atoms with Crippen LogP contribution in [0.2, 0.25) is 0 Å². The number of benzene rings is 1. The maximum absolute atomic E-state index is 13.3. The fourth-order valence-electron chi connectivity index (χ4n) is 7.35. The van der Waals surface area contributed by atoms with Gasteiger partial charge in [0.1, 0.15) is 6.04 Å². The predicted octanol–water partition coefficient (Wildman–Crippen LogP) is 2.05. The average molecular weight is 412 g/mol. The summed E-state index contributed by atoms with van der Waals surface area (Å²) in [5, 5.41) is 11.3. The van der Waals surface area contributed by atoms with Crippen molar-refractivity contribution in [2.24, 2.45) is 17.6 Å². The minimum absolute atomic E-state index is 0.00466. The van der Waals surface area contributed by atoms with Crippen LogP contribution in [0.4, 0.5) is 0 Å². The Balaban J connectivity index is 1.43. The molecule has 3 N–H and O–H groups in total. The molecular formula is C24H33N3O3. The lowest BCUT2D eigenvalue weighted by Crippen LogP contribution is -2.66. The summed E-state index contributed by atoms with van der Waals surface area (Å²) in [4.78, 5) is 29.2. The summed E-state index contributed by atoms with van der Waals surface area (Å²) in [6, 6.07) is 9.81. The van der Waals surface area contributed by atoms with E-state index in [0.717, 1.165) is 38.5 Å². The summed E-state index contributed by atoms with van der Waals surface area (Å²) in [7, 11) is 0. The number of carbonyl (C=O) groups excluding carboxylic acids is 2. The third-order valence-corrected chi connectivity index (χ3v) is 8.11. The standard InChI is InChI=1S/C24H33N3O3/c25-22(29)20-7-4-8-27(20)21(28)15-26(14-17-5-2-1-3-6-17)23-10-18-9-19(11-23)13-24(30,12-18)16-23/h1-3,5-6,18-20,30H,4,7-16H2,(H2,25,29)/t18?,19?,20-,23?,24?/m0/s1. The Bertz CT molecular complexity index is 812. The predicted molar refractivity (Wildman–Crippen MR) is 113 cm³/mol. The molecule has 4 aliphatic carbocycles. The van der Waals surface area contributed by atoms with Gasteiger partial charge in [-0.3, -0.25) is 14.5 Å². The number of nitrogens with two attached hydrogens (primary N) is 1. The van der Waals surface area contributed by atoms with Crippen molar-refractivity contribution >= 4 is 11.8 Å². The van der Waals surface area contributed by atoms with Gasteiger partial charge >= 0.3 is 0 Å². The van der Waals surface area contributed by atoms with Gasteiger partial charge in [-0.1, -0.05) is 30.3 Å². The van der Waals surface area contributed by atoms with Gasteiger partial charge < -0.3 is 15.7 Å². The highest BCUT2D eigenvalue weighted by Crippen LogP contribution is 2.59. The second-order valence-corrected chi connectivity index (χ2v) is 10.4. The monoisotopic (exact) mass is 411 g/mol. The smallest absolute Gasteiger partial charge is 0.240 e. The first-order valence-electron chi connectivity index (χ1n) is 11.5. The van der Waals surface area contributed by atoms with Crippen molar-refractivity contribution in [2.45, 2.75) is 75.1 Å². The van der Waals surface area contributed by atoms with E-state index in [1.807, 2.05) is 18.2 Å². The molecule has 30 heavy (non-hydrogen) atoms. The third kappa shape index (κ3) is 3.54. The first-order chi connectivity index (χ1) is 14.4. The van der Waals surface area contributed by atoms with Crippen LogP contribution >= 0.6 is 0 Å². The second-order valence-electron chi connectivity index (χ2n) is 10.4. The molecule has 0 spiro atoms. The summed E-state index contributed by atoms with van der Waals surface area (Å²) in [5.41, 5.74) is 6.04. The highest BCUT2D eigenvalue weighted by Gasteiger charge is 2.59. The maximum atomic E-state index is 13.3. The molecule has 1 aliphatic heterocycles. The zero-order valence-corrected chi connectivity index (χ0v) is 17.6. The van der Waals surface area contributed by atoms with E-state index in [1.54, 1.807) is 4.90 Å². The zero-order valence-electron chi connectivity index (χ0n) is 17.6. The van der Waals surface area contributed by atoms with Crippen LogP contribution in [0.5, 0.6) is 0 Å². The third-order valence-electron chi connectivity index (χ3n) is 8.11. The number of primary amides is 1. The van der Waals surface area contributed by atoms with Gasteiger partial charge in [-0.05, 0) is 68.8 Å². The van der Waals surface area contributed by atoms with E-state index in [-0.39, 0.29) is 18.0 Å². The molecule has 6 nitrogen and oxygen atoms in total. The van der Waals surface area contributed by atoms with Gasteiger partial charge in [0.25, 0.3) is 0 Å². The van der Waals surface area contributed by atoms with Crippen LogP contribution in [0.15, 0.2) is 30.3 Å². The largest absolute Gasteiger partial charge is 0.390 e. The number of likely N-dealkylation sites (tertiary alicyclic amines) is 1. The van der Waals surface area contributed by atoms with E-state index in [0.29, 0.717) is 31.3 Å². The van der Waals surface area contributed by atoms with Crippen molar-refractivity contribution in [3.8, 4) is 0 Å². The Morgan fingerprint density at radius 1 is 1.13 bits per heavy atom. The molecule has 0 aromatic heterocycles. The lowest BCUT2D eigenvalue weighted by Gasteiger charge is -2.63. The van der Waals surface area contributed by atoms with Crippen LogP contribution in [0.1, 0.15) is 56.9 Å². The zero-order chi connectivity index (χ0) is 20.9. The van der Waals surface area contributed by atoms with Crippen molar-refractivity contribution in [3.05, 3.63) is 35.9 Å². The molecule has 2 amide bonds. The van der Waals surface area contributed by atoms with Gasteiger partial charge in [-0.15, -0.1) is 0 Å². The molecule has 162 valence electrons. The molecule has 6 rings (SSSR count). The molecule has 3 atom stereocenters. The van der Waals surface area contributed by atoms with Crippen LogP contribution in [0, 0.1) is 11.8 Å². The van der Waals surface area contributed by atoms with Crippen molar-refractivity contribution < 1.29 is 14.7 Å². The maximum Gasteiger partial charge on any atom is 0.240 e. The Morgan fingerprint density at radius 3 is 2.47 bits per heavy atom. The first-order valence-corrected chi connectivity index (χ1v) is 11.5. The van der Waals surface area contributed by atoms with E-state index >= 15 is 0 Å². The van der Waals surface area contributed by atoms with Crippen molar-refractivity contribution in [2.75, 3.05) is 13.1 Å². The molecule has 1 saturated heterocycles. The average Bonchev–Trinajstić information content (AvgIpc) is 3.17. The highest BCUT2D eigenvalue weighted by molar-refractivity contribution is 5.88. The molecule has 1 heterocycles. The summed E-state index contributed by atoms with van der Waals surface area (Å²) < 4.78 is 0. The number of amides is 2. The topological polar surface area (TPSA) is 86.9 Å². The number of hydrogen-bond acceptors (Lipinski definition) is 4. The van der Waals surface area contributed by atoms with Crippen LogP contribution in [0.25, 0.3) is 0 Å². The van der Waals surface area contributed by atoms with Crippen molar-refractivity contribution in [1.29, 1.82) is 0 Å². The van der Waals surface area contributed by atoms with Gasteiger partial charge in [0, 0.05) is 18.6 Å². The van der Waals surface area contributed by atoms with Crippen molar-refractivity contribution in [1.82, 2.24) is 9.80 Å². The van der Waals surface area contributed by atoms with E-state index in [1.165, 1.54) is 12.0 Å². The molecule has 4 saturated carbocycles. The van der Waals surface area contributed by atoms with Crippen LogP contribution in [0.3, 0.4) is 0 Å². The number of aliphatic hydroxyl groups is 1. The summed E-state index contributed by atoms with van der Waals surface area (Å²) in [6.07, 6.45) is 7.40. The van der Waals surface area contributed by atoms with Gasteiger partial charge in [0.15, 0.2) is 0 Å². The van der Waals surface area contributed by atoms with E-state index in [9.17, 15) is 14.7 Å². The quantitative estimate of drug-likeness (QED) is 0.750. The SMILES string of the molecule is NC(=O)[C@@H]1CCCN1C(=O)CN(Cc1ccccc1)C12CC3CC(CC(O)(C3)C1)C2. The summed E-state index contributed by atoms with van der Waals surface area (Å²) in [5.74, 6) is 0.694. The highest BCUT2D eigenvalue weighted by atomic mass is 16.3. The molecule has 5 aliphatic rings. The van der Waals surface area contributed by atoms with Gasteiger partial charge in [-0.2, -0.15) is 0 Å². The summed E-state index contributed by atoms with van der Waals surface area (Å²) in [6.45, 7) is 1.58. The molecule has 1 aromatic rings. The minimum atomic E-state index is -0.578. The molecule has 6 heteroatoms. The Morgan fingerprint density at radius 2 is 1.83 bits per heavy atom. The summed E-state index contributed by atoms with van der Waals surface area (Å²) >= 11 is 0. The molecule has 4 bridgehead atoms. The molecule has 5 fully saturated rings. The number of carbonyl (C=O) groups is 2. The van der Waals surface area contributed by atoms with Crippen LogP contribution in [-0.4, -0.2) is 57.0 Å². The lowest BCUT2D eigenvalue weighted by molar-refractivity contribution is -0.181. The molecule has 1 aromatic carbocycles. The van der Waals surface area contributed by atoms with Crippen molar-refractivity contribution in [3.63, 3.8) is 0 Å². The number of hydrogen-bond donors (Lipinski definition) is 2. The Kier molecular flexibility index (Phi) is 4.90. The van der Waals surface area contributed by atoms with Gasteiger partial charge in [0.05, 0.1) is 12.1 Å². The molecule has 2 unspecified atom stereocenters. The molecule has 0 radical (unpaired) electrons. The normalized spacial score (nSPS) is 37.1. The number of rotatable bonds is 6. The van der Waals surface area contributed by atoms with E-state index in [4.69, 9.17) is 5.73 Å².